The number of halogens is 1. The first-order valence-electron chi connectivity index (χ1n) is 7.83. The third-order valence-electron chi connectivity index (χ3n) is 4.01. The molecular weight excluding hydrogens is 265 g/mol. The van der Waals surface area contributed by atoms with Crippen molar-refractivity contribution in [3.63, 3.8) is 0 Å². The molecule has 0 unspecified atom stereocenters. The molecule has 0 amide bonds. The lowest BCUT2D eigenvalue weighted by molar-refractivity contribution is 0.616. The van der Waals surface area contributed by atoms with Crippen molar-refractivity contribution >= 4 is 0 Å². The number of hydrogen-bond donors (Lipinski definition) is 1. The van der Waals surface area contributed by atoms with Crippen LogP contribution in [0, 0.1) is 5.82 Å². The van der Waals surface area contributed by atoms with E-state index in [-0.39, 0.29) is 5.82 Å². The molecule has 21 heavy (non-hydrogen) atoms. The summed E-state index contributed by atoms with van der Waals surface area (Å²) in [6.07, 6.45) is 7.40. The van der Waals surface area contributed by atoms with E-state index in [0.717, 1.165) is 37.1 Å². The first-order chi connectivity index (χ1) is 10.3. The van der Waals surface area contributed by atoms with Crippen LogP contribution in [-0.4, -0.2) is 16.1 Å². The van der Waals surface area contributed by atoms with Gasteiger partial charge in [-0.2, -0.15) is 0 Å². The first kappa shape index (κ1) is 14.3. The van der Waals surface area contributed by atoms with Crippen molar-refractivity contribution in [2.75, 3.05) is 6.54 Å². The minimum absolute atomic E-state index is 0.181. The topological polar surface area (TPSA) is 29.9 Å². The highest BCUT2D eigenvalue weighted by molar-refractivity contribution is 5.40. The van der Waals surface area contributed by atoms with Crippen molar-refractivity contribution in [2.24, 2.45) is 0 Å². The second-order valence-corrected chi connectivity index (χ2v) is 5.71. The fraction of sp³-hybridized carbons (Fsp3) is 0.471. The summed E-state index contributed by atoms with van der Waals surface area (Å²) in [7, 11) is 0. The van der Waals surface area contributed by atoms with Crippen molar-refractivity contribution in [1.82, 2.24) is 14.9 Å². The molecule has 0 saturated heterocycles. The van der Waals surface area contributed by atoms with E-state index >= 15 is 0 Å². The summed E-state index contributed by atoms with van der Waals surface area (Å²) in [5.74, 6) is -0.181. The molecule has 0 bridgehead atoms. The molecule has 2 aromatic rings. The number of rotatable bonds is 5. The molecule has 0 spiro atoms. The first-order valence-corrected chi connectivity index (χ1v) is 7.83. The van der Waals surface area contributed by atoms with Gasteiger partial charge in [-0.3, -0.25) is 0 Å². The van der Waals surface area contributed by atoms with Gasteiger partial charge in [0.2, 0.25) is 0 Å². The summed E-state index contributed by atoms with van der Waals surface area (Å²) < 4.78 is 16.0. The molecule has 1 aromatic heterocycles. The summed E-state index contributed by atoms with van der Waals surface area (Å²) in [5.41, 5.74) is 4.30. The number of fused-ring (bicyclic) bond motifs is 1. The van der Waals surface area contributed by atoms with Crippen LogP contribution in [0.5, 0.6) is 0 Å². The molecule has 4 heteroatoms. The summed E-state index contributed by atoms with van der Waals surface area (Å²) in [5, 5.41) is 3.32. The monoisotopic (exact) mass is 287 g/mol. The van der Waals surface area contributed by atoms with Gasteiger partial charge in [-0.1, -0.05) is 6.92 Å². The van der Waals surface area contributed by atoms with E-state index in [4.69, 9.17) is 0 Å². The summed E-state index contributed by atoms with van der Waals surface area (Å²) in [4.78, 5) is 4.49. The minimum atomic E-state index is -0.181. The number of aryl methyl sites for hydroxylation is 1. The van der Waals surface area contributed by atoms with Gasteiger partial charge in [0.05, 0.1) is 12.0 Å². The van der Waals surface area contributed by atoms with Crippen molar-refractivity contribution in [3.8, 4) is 5.69 Å². The number of aromatic nitrogens is 2. The van der Waals surface area contributed by atoms with Crippen LogP contribution in [-0.2, 0) is 19.4 Å². The Morgan fingerprint density at radius 2 is 2.10 bits per heavy atom. The second-order valence-electron chi connectivity index (χ2n) is 5.71. The van der Waals surface area contributed by atoms with E-state index in [2.05, 4.69) is 27.9 Å². The Hall–Kier alpha value is -1.68. The van der Waals surface area contributed by atoms with Crippen molar-refractivity contribution in [2.45, 2.75) is 45.6 Å². The van der Waals surface area contributed by atoms with E-state index in [1.165, 1.54) is 24.2 Å². The van der Waals surface area contributed by atoms with Gasteiger partial charge >= 0.3 is 0 Å². The molecule has 0 saturated carbocycles. The predicted octanol–water partition coefficient (Wildman–Crippen LogP) is 3.39. The number of hydrogen-bond acceptors (Lipinski definition) is 2. The molecule has 1 aromatic carbocycles. The fourth-order valence-corrected chi connectivity index (χ4v) is 2.98. The van der Waals surface area contributed by atoms with Gasteiger partial charge < -0.3 is 9.88 Å². The lowest BCUT2D eigenvalue weighted by Crippen LogP contribution is -2.14. The predicted molar refractivity (Wildman–Crippen MR) is 82.2 cm³/mol. The molecular formula is C17H22FN3. The summed E-state index contributed by atoms with van der Waals surface area (Å²) in [6.45, 7) is 3.78. The fourth-order valence-electron chi connectivity index (χ4n) is 2.98. The average Bonchev–Trinajstić information content (AvgIpc) is 2.91. The highest BCUT2D eigenvalue weighted by Crippen LogP contribution is 2.24. The number of imidazole rings is 1. The van der Waals surface area contributed by atoms with Crippen LogP contribution < -0.4 is 5.32 Å². The smallest absolute Gasteiger partial charge is 0.125 e. The van der Waals surface area contributed by atoms with Crippen molar-refractivity contribution < 1.29 is 4.39 Å². The van der Waals surface area contributed by atoms with Gasteiger partial charge in [0.25, 0.3) is 0 Å². The van der Waals surface area contributed by atoms with Crippen LogP contribution in [0.15, 0.2) is 24.5 Å². The molecule has 0 aliphatic heterocycles. The van der Waals surface area contributed by atoms with Crippen molar-refractivity contribution in [3.05, 3.63) is 47.3 Å². The zero-order chi connectivity index (χ0) is 14.7. The maximum Gasteiger partial charge on any atom is 0.125 e. The van der Waals surface area contributed by atoms with Crippen LogP contribution in [0.3, 0.4) is 0 Å². The van der Waals surface area contributed by atoms with E-state index in [1.807, 2.05) is 6.33 Å². The molecule has 3 rings (SSSR count). The quantitative estimate of drug-likeness (QED) is 0.854. The molecule has 0 radical (unpaired) electrons. The molecule has 0 atom stereocenters. The molecule has 1 heterocycles. The zero-order valence-electron chi connectivity index (χ0n) is 12.5. The Bertz CT molecular complexity index is 618. The van der Waals surface area contributed by atoms with E-state index in [0.29, 0.717) is 6.54 Å². The average molecular weight is 287 g/mol. The Morgan fingerprint density at radius 1 is 1.24 bits per heavy atom. The van der Waals surface area contributed by atoms with Crippen LogP contribution in [0.25, 0.3) is 5.69 Å². The maximum atomic E-state index is 13.9. The minimum Gasteiger partial charge on any atom is -0.313 e. The van der Waals surface area contributed by atoms with Gasteiger partial charge in [0, 0.05) is 17.9 Å². The zero-order valence-corrected chi connectivity index (χ0v) is 12.5. The highest BCUT2D eigenvalue weighted by atomic mass is 19.1. The van der Waals surface area contributed by atoms with E-state index < -0.39 is 0 Å². The Morgan fingerprint density at radius 3 is 2.95 bits per heavy atom. The van der Waals surface area contributed by atoms with Gasteiger partial charge in [-0.15, -0.1) is 0 Å². The molecule has 1 N–H and O–H groups in total. The third kappa shape index (κ3) is 3.16. The molecule has 3 nitrogen and oxygen atoms in total. The van der Waals surface area contributed by atoms with Crippen LogP contribution in [0.2, 0.25) is 0 Å². The normalized spacial score (nSPS) is 14.2. The van der Waals surface area contributed by atoms with E-state index in [9.17, 15) is 4.39 Å². The Kier molecular flexibility index (Phi) is 4.34. The number of nitrogens with one attached hydrogen (secondary N) is 1. The largest absolute Gasteiger partial charge is 0.313 e. The lowest BCUT2D eigenvalue weighted by atomic mass is 10.0. The molecule has 1 aliphatic rings. The third-order valence-corrected chi connectivity index (χ3v) is 4.01. The van der Waals surface area contributed by atoms with Gasteiger partial charge in [-0.25, -0.2) is 9.37 Å². The standard InChI is InChI=1S/C17H22FN3/c1-2-7-19-11-13-8-14(18)10-15(9-13)21-12-20-16-5-3-4-6-17(16)21/h8-10,12,19H,2-7,11H2,1H3. The van der Waals surface area contributed by atoms with Crippen LogP contribution in [0.4, 0.5) is 4.39 Å². The number of nitrogens with zero attached hydrogens (tertiary/aromatic N) is 2. The Labute approximate surface area is 125 Å². The highest BCUT2D eigenvalue weighted by Gasteiger charge is 2.16. The second kappa shape index (κ2) is 6.39. The van der Waals surface area contributed by atoms with Gasteiger partial charge in [-0.05, 0) is 62.4 Å². The van der Waals surface area contributed by atoms with E-state index in [1.54, 1.807) is 12.1 Å². The molecule has 0 fully saturated rings. The lowest BCUT2D eigenvalue weighted by Gasteiger charge is -2.15. The molecule has 112 valence electrons. The maximum absolute atomic E-state index is 13.9. The molecule has 1 aliphatic carbocycles. The SMILES string of the molecule is CCCNCc1cc(F)cc(-n2cnc3c2CCCC3)c1. The van der Waals surface area contributed by atoms with Crippen LogP contribution >= 0.6 is 0 Å². The summed E-state index contributed by atoms with van der Waals surface area (Å²) >= 11 is 0. The van der Waals surface area contributed by atoms with Crippen LogP contribution in [0.1, 0.15) is 43.1 Å². The Balaban J connectivity index is 1.89. The van der Waals surface area contributed by atoms with Crippen molar-refractivity contribution in [1.29, 1.82) is 0 Å². The summed E-state index contributed by atoms with van der Waals surface area (Å²) in [6, 6.07) is 5.26. The van der Waals surface area contributed by atoms with Gasteiger partial charge in [0.1, 0.15) is 5.82 Å². The van der Waals surface area contributed by atoms with Gasteiger partial charge in [0.15, 0.2) is 0 Å². The number of benzene rings is 1.